The van der Waals surface area contributed by atoms with E-state index in [2.05, 4.69) is 10.3 Å². The summed E-state index contributed by atoms with van der Waals surface area (Å²) in [5.74, 6) is 0.223. The maximum atomic E-state index is 12.3. The van der Waals surface area contributed by atoms with Crippen LogP contribution in [0, 0.1) is 0 Å². The largest absolute Gasteiger partial charge is 1.00 e. The third-order valence-electron chi connectivity index (χ3n) is 2.61. The average molecular weight is 254 g/mol. The molecule has 1 saturated heterocycles. The van der Waals surface area contributed by atoms with Crippen molar-refractivity contribution < 1.29 is 64.3 Å². The zero-order valence-electron chi connectivity index (χ0n) is 9.09. The zero-order chi connectivity index (χ0) is 10.9. The molecule has 0 aliphatic carbocycles. The van der Waals surface area contributed by atoms with Crippen molar-refractivity contribution in [1.29, 1.82) is 0 Å². The molecule has 0 amide bonds. The van der Waals surface area contributed by atoms with E-state index in [0.29, 0.717) is 5.56 Å². The van der Waals surface area contributed by atoms with E-state index in [4.69, 9.17) is 0 Å². The maximum absolute atomic E-state index is 12.3. The molecule has 16 heavy (non-hydrogen) atoms. The molecule has 1 aliphatic heterocycles. The second kappa shape index (κ2) is 5.97. The van der Waals surface area contributed by atoms with Crippen LogP contribution in [-0.4, -0.2) is 25.1 Å². The Morgan fingerprint density at radius 3 is 2.56 bits per heavy atom. The summed E-state index contributed by atoms with van der Waals surface area (Å²) in [4.78, 5) is 3.76. The molecule has 2 rings (SSSR count). The molecule has 0 aromatic carbocycles. The Morgan fingerprint density at radius 1 is 1.38 bits per heavy atom. The molecule has 0 atom stereocenters. The molecule has 0 unspecified atom stereocenters. The standard InChI is InChI=1S/C9H11BF3N2.K/c11-10(12,13)3-7-4-14-2-1-9(7)8-5-15-6-8;/h1-2,4,8,15H,3,5-6H2;/q-1;+1. The predicted molar refractivity (Wildman–Crippen MR) is 52.6 cm³/mol. The Kier molecular flexibility index (Phi) is 5.47. The molecule has 0 saturated carbocycles. The second-order valence-electron chi connectivity index (χ2n) is 3.84. The van der Waals surface area contributed by atoms with Crippen LogP contribution < -0.4 is 56.7 Å². The van der Waals surface area contributed by atoms with Crippen molar-refractivity contribution in [3.63, 3.8) is 0 Å². The van der Waals surface area contributed by atoms with Crippen LogP contribution in [0.4, 0.5) is 12.9 Å². The Hall–Kier alpha value is 0.601. The number of pyridine rings is 1. The fraction of sp³-hybridized carbons (Fsp3) is 0.444. The molecule has 0 bridgehead atoms. The third kappa shape index (κ3) is 3.82. The summed E-state index contributed by atoms with van der Waals surface area (Å²) in [5.41, 5.74) is 1.12. The second-order valence-corrected chi connectivity index (χ2v) is 3.84. The fourth-order valence-corrected chi connectivity index (χ4v) is 1.76. The molecule has 2 nitrogen and oxygen atoms in total. The molecule has 1 aromatic rings. The van der Waals surface area contributed by atoms with Crippen LogP contribution in [0.2, 0.25) is 0 Å². The zero-order valence-corrected chi connectivity index (χ0v) is 12.2. The van der Waals surface area contributed by atoms with Crippen molar-refractivity contribution in [2.75, 3.05) is 13.1 Å². The first-order valence-corrected chi connectivity index (χ1v) is 4.91. The normalized spacial score (nSPS) is 16.4. The Morgan fingerprint density at radius 2 is 2.06 bits per heavy atom. The molecule has 0 spiro atoms. The average Bonchev–Trinajstić information content (AvgIpc) is 2.02. The first kappa shape index (κ1) is 14.7. The summed E-state index contributed by atoms with van der Waals surface area (Å²) >= 11 is 0. The molecular weight excluding hydrogens is 243 g/mol. The monoisotopic (exact) mass is 254 g/mol. The minimum Gasteiger partial charge on any atom is -0.449 e. The van der Waals surface area contributed by atoms with Crippen LogP contribution in [0.1, 0.15) is 17.0 Å². The van der Waals surface area contributed by atoms with Gasteiger partial charge in [0, 0.05) is 31.4 Å². The summed E-state index contributed by atoms with van der Waals surface area (Å²) in [6.07, 6.45) is 2.07. The third-order valence-corrected chi connectivity index (χ3v) is 2.61. The van der Waals surface area contributed by atoms with Crippen molar-refractivity contribution in [3.05, 3.63) is 29.6 Å². The summed E-state index contributed by atoms with van der Waals surface area (Å²) in [6, 6.07) is 1.70. The van der Waals surface area contributed by atoms with Gasteiger partial charge in [-0.25, -0.2) is 0 Å². The van der Waals surface area contributed by atoms with Crippen LogP contribution in [0.3, 0.4) is 0 Å². The van der Waals surface area contributed by atoms with Gasteiger partial charge in [-0.1, -0.05) is 11.9 Å². The molecule has 1 aromatic heterocycles. The fourth-order valence-electron chi connectivity index (χ4n) is 1.76. The molecule has 1 aliphatic rings. The van der Waals surface area contributed by atoms with Crippen LogP contribution >= 0.6 is 0 Å². The summed E-state index contributed by atoms with van der Waals surface area (Å²) < 4.78 is 37.0. The molecule has 1 fully saturated rings. The first-order chi connectivity index (χ1) is 7.06. The Balaban J connectivity index is 0.00000128. The molecule has 7 heteroatoms. The summed E-state index contributed by atoms with van der Waals surface area (Å²) in [6.45, 7) is -3.24. The minimum absolute atomic E-state index is 0. The van der Waals surface area contributed by atoms with Crippen LogP contribution in [0.15, 0.2) is 18.5 Å². The van der Waals surface area contributed by atoms with Gasteiger partial charge in [0.15, 0.2) is 0 Å². The van der Waals surface area contributed by atoms with E-state index in [9.17, 15) is 12.9 Å². The maximum Gasteiger partial charge on any atom is 1.00 e. The van der Waals surface area contributed by atoms with Gasteiger partial charge in [0.05, 0.1) is 0 Å². The first-order valence-electron chi connectivity index (χ1n) is 4.91. The molecule has 2 heterocycles. The molecule has 82 valence electrons. The van der Waals surface area contributed by atoms with Gasteiger partial charge in [-0.05, 0) is 11.6 Å². The van der Waals surface area contributed by atoms with Gasteiger partial charge < -0.3 is 18.3 Å². The van der Waals surface area contributed by atoms with Crippen molar-refractivity contribution in [2.45, 2.75) is 12.2 Å². The molecule has 0 radical (unpaired) electrons. The summed E-state index contributed by atoms with van der Waals surface area (Å²) in [5, 5.41) is 3.05. The van der Waals surface area contributed by atoms with E-state index in [1.165, 1.54) is 6.20 Å². The topological polar surface area (TPSA) is 24.9 Å². The Labute approximate surface area is 135 Å². The number of nitrogens with zero attached hydrogens (tertiary/aromatic N) is 1. The van der Waals surface area contributed by atoms with Gasteiger partial charge in [-0.15, -0.1) is 0 Å². The van der Waals surface area contributed by atoms with Gasteiger partial charge in [0.1, 0.15) is 0 Å². The number of aromatic nitrogens is 1. The van der Waals surface area contributed by atoms with Crippen LogP contribution in [0.5, 0.6) is 0 Å². The molecular formula is C9H11BF3KN2. The molecule has 1 N–H and O–H groups in total. The van der Waals surface area contributed by atoms with E-state index in [1.807, 2.05) is 0 Å². The smallest absolute Gasteiger partial charge is 0.449 e. The van der Waals surface area contributed by atoms with Gasteiger partial charge in [0.2, 0.25) is 0 Å². The van der Waals surface area contributed by atoms with E-state index in [-0.39, 0.29) is 57.3 Å². The quantitative estimate of drug-likeness (QED) is 0.678. The van der Waals surface area contributed by atoms with Gasteiger partial charge in [-0.3, -0.25) is 4.98 Å². The van der Waals surface area contributed by atoms with E-state index in [1.54, 1.807) is 12.3 Å². The number of rotatable bonds is 3. The van der Waals surface area contributed by atoms with Crippen molar-refractivity contribution in [1.82, 2.24) is 10.3 Å². The number of hydrogen-bond donors (Lipinski definition) is 1. The van der Waals surface area contributed by atoms with E-state index in [0.717, 1.165) is 18.7 Å². The number of hydrogen-bond acceptors (Lipinski definition) is 2. The van der Waals surface area contributed by atoms with Crippen molar-refractivity contribution >= 4 is 6.98 Å². The predicted octanol–water partition coefficient (Wildman–Crippen LogP) is -1.30. The van der Waals surface area contributed by atoms with Gasteiger partial charge >= 0.3 is 58.4 Å². The van der Waals surface area contributed by atoms with Crippen molar-refractivity contribution in [3.8, 4) is 0 Å². The Bertz CT molecular complexity index is 355. The van der Waals surface area contributed by atoms with Gasteiger partial charge in [-0.2, -0.15) is 0 Å². The van der Waals surface area contributed by atoms with E-state index >= 15 is 0 Å². The van der Waals surface area contributed by atoms with Crippen molar-refractivity contribution in [2.24, 2.45) is 0 Å². The number of halogens is 3. The van der Waals surface area contributed by atoms with E-state index < -0.39 is 13.3 Å². The van der Waals surface area contributed by atoms with Gasteiger partial charge in [0.25, 0.3) is 0 Å². The minimum atomic E-state index is -4.77. The van der Waals surface area contributed by atoms with Crippen LogP contribution in [0.25, 0.3) is 0 Å². The SMILES string of the molecule is F[B-](F)(F)Cc1cnccc1C1CNC1.[K+]. The van der Waals surface area contributed by atoms with Crippen LogP contribution in [-0.2, 0) is 6.32 Å². The summed E-state index contributed by atoms with van der Waals surface area (Å²) in [7, 11) is 0. The number of nitrogens with one attached hydrogen (secondary N) is 1.